The molecule has 1 aliphatic rings. The molecule has 1 fully saturated rings. The fraction of sp³-hybridized carbons (Fsp3) is 0.318. The van der Waals surface area contributed by atoms with Crippen molar-refractivity contribution in [1.29, 1.82) is 0 Å². The van der Waals surface area contributed by atoms with E-state index in [4.69, 9.17) is 16.3 Å². The summed E-state index contributed by atoms with van der Waals surface area (Å²) in [6.45, 7) is 2.83. The molecule has 4 rings (SSSR count). The topological polar surface area (TPSA) is 72.3 Å². The first-order valence-corrected chi connectivity index (χ1v) is 10.7. The number of hydrogen-bond acceptors (Lipinski definition) is 6. The fourth-order valence-corrected chi connectivity index (χ4v) is 3.83. The Hall–Kier alpha value is -3.02. The van der Waals surface area contributed by atoms with Crippen LogP contribution in [-0.4, -0.2) is 52.5 Å². The summed E-state index contributed by atoms with van der Waals surface area (Å²) in [6.07, 6.45) is -2.61. The van der Waals surface area contributed by atoms with E-state index in [1.165, 1.54) is 18.3 Å². The molecule has 0 bridgehead atoms. The zero-order chi connectivity index (χ0) is 24.3. The van der Waals surface area contributed by atoms with Crippen molar-refractivity contribution in [3.8, 4) is 5.82 Å². The molecule has 1 saturated heterocycles. The van der Waals surface area contributed by atoms with Gasteiger partial charge in [-0.2, -0.15) is 23.0 Å². The molecule has 3 heterocycles. The Morgan fingerprint density at radius 2 is 1.79 bits per heavy atom. The van der Waals surface area contributed by atoms with E-state index < -0.39 is 17.3 Å². The number of ether oxygens (including phenoxy) is 1. The Labute approximate surface area is 196 Å². The predicted molar refractivity (Wildman–Crippen MR) is 118 cm³/mol. The van der Waals surface area contributed by atoms with Crippen molar-refractivity contribution < 1.29 is 22.3 Å². The first-order chi connectivity index (χ1) is 16.2. The van der Waals surface area contributed by atoms with Crippen LogP contribution in [0.2, 0.25) is 5.02 Å². The number of nitrogens with one attached hydrogen (secondary N) is 1. The Morgan fingerprint density at radius 1 is 1.09 bits per heavy atom. The summed E-state index contributed by atoms with van der Waals surface area (Å²) in [6, 6.07) is 7.87. The minimum Gasteiger partial charge on any atom is -0.380 e. The third-order valence-electron chi connectivity index (χ3n) is 5.44. The van der Waals surface area contributed by atoms with Gasteiger partial charge in [-0.05, 0) is 29.8 Å². The van der Waals surface area contributed by atoms with Crippen molar-refractivity contribution in [2.45, 2.75) is 12.2 Å². The summed E-state index contributed by atoms with van der Waals surface area (Å²) in [4.78, 5) is 18.6. The summed E-state index contributed by atoms with van der Waals surface area (Å²) in [5.74, 6) is -0.436. The van der Waals surface area contributed by atoms with Crippen LogP contribution in [0.4, 0.5) is 23.2 Å². The van der Waals surface area contributed by atoms with E-state index >= 15 is 0 Å². The van der Waals surface area contributed by atoms with Gasteiger partial charge in [-0.25, -0.2) is 9.37 Å². The van der Waals surface area contributed by atoms with E-state index in [9.17, 15) is 22.4 Å². The quantitative estimate of drug-likeness (QED) is 0.520. The Balaban J connectivity index is 1.55. The van der Waals surface area contributed by atoms with Gasteiger partial charge in [0.2, 0.25) is 0 Å². The lowest BCUT2D eigenvalue weighted by molar-refractivity contribution is -0.137. The zero-order valence-corrected chi connectivity index (χ0v) is 18.5. The molecular weight excluding hydrogens is 478 g/mol. The van der Waals surface area contributed by atoms with Crippen LogP contribution in [0.3, 0.4) is 0 Å². The second-order valence-corrected chi connectivity index (χ2v) is 7.97. The van der Waals surface area contributed by atoms with Crippen LogP contribution in [0.25, 0.3) is 5.82 Å². The highest BCUT2D eigenvalue weighted by Crippen LogP contribution is 2.29. The fourth-order valence-electron chi connectivity index (χ4n) is 3.64. The van der Waals surface area contributed by atoms with Gasteiger partial charge in [0.05, 0.1) is 36.7 Å². The number of rotatable bonds is 6. The predicted octanol–water partition coefficient (Wildman–Crippen LogP) is 3.92. The van der Waals surface area contributed by atoms with Crippen LogP contribution < -0.4 is 10.9 Å². The first kappa shape index (κ1) is 24.1. The van der Waals surface area contributed by atoms with Crippen molar-refractivity contribution in [3.63, 3.8) is 0 Å². The van der Waals surface area contributed by atoms with Crippen LogP contribution in [0.5, 0.6) is 0 Å². The molecule has 12 heteroatoms. The third-order valence-corrected chi connectivity index (χ3v) is 5.80. The molecule has 34 heavy (non-hydrogen) atoms. The molecule has 2 aromatic heterocycles. The van der Waals surface area contributed by atoms with Gasteiger partial charge >= 0.3 is 6.18 Å². The monoisotopic (exact) mass is 497 g/mol. The van der Waals surface area contributed by atoms with Gasteiger partial charge in [-0.1, -0.05) is 23.7 Å². The minimum absolute atomic E-state index is 0.0936. The van der Waals surface area contributed by atoms with Crippen molar-refractivity contribution in [2.24, 2.45) is 0 Å². The summed E-state index contributed by atoms with van der Waals surface area (Å²) < 4.78 is 58.0. The maximum absolute atomic E-state index is 13.4. The minimum atomic E-state index is -4.54. The highest BCUT2D eigenvalue weighted by atomic mass is 35.5. The van der Waals surface area contributed by atoms with E-state index in [2.05, 4.69) is 20.3 Å². The van der Waals surface area contributed by atoms with Gasteiger partial charge in [-0.15, -0.1) is 0 Å². The van der Waals surface area contributed by atoms with E-state index in [1.807, 2.05) is 0 Å². The summed E-state index contributed by atoms with van der Waals surface area (Å²) >= 11 is 6.26. The second-order valence-electron chi connectivity index (χ2n) is 7.59. The summed E-state index contributed by atoms with van der Waals surface area (Å²) in [5, 5.41) is 6.94. The number of halogens is 5. The molecule has 0 spiro atoms. The van der Waals surface area contributed by atoms with Crippen molar-refractivity contribution in [2.75, 3.05) is 38.2 Å². The van der Waals surface area contributed by atoms with Gasteiger partial charge < -0.3 is 10.1 Å². The molecule has 0 saturated carbocycles. The molecule has 3 aromatic rings. The van der Waals surface area contributed by atoms with Crippen molar-refractivity contribution in [1.82, 2.24) is 19.7 Å². The molecule has 180 valence electrons. The molecule has 1 unspecified atom stereocenters. The first-order valence-electron chi connectivity index (χ1n) is 10.4. The molecule has 1 atom stereocenters. The van der Waals surface area contributed by atoms with Crippen LogP contribution >= 0.6 is 11.6 Å². The van der Waals surface area contributed by atoms with Crippen LogP contribution in [0.1, 0.15) is 17.2 Å². The maximum atomic E-state index is 13.4. The van der Waals surface area contributed by atoms with Crippen LogP contribution in [-0.2, 0) is 10.9 Å². The van der Waals surface area contributed by atoms with Gasteiger partial charge in [0.25, 0.3) is 5.56 Å². The lowest BCUT2D eigenvalue weighted by atomic mass is 10.0. The molecule has 1 aliphatic heterocycles. The molecule has 0 aliphatic carbocycles. The normalized spacial score (nSPS) is 15.8. The number of pyridine rings is 1. The molecule has 0 amide bonds. The van der Waals surface area contributed by atoms with Crippen molar-refractivity contribution >= 4 is 17.3 Å². The summed E-state index contributed by atoms with van der Waals surface area (Å²) in [5.41, 5.74) is -0.537. The van der Waals surface area contributed by atoms with Gasteiger partial charge in [0, 0.05) is 25.8 Å². The third kappa shape index (κ3) is 5.37. The lowest BCUT2D eigenvalue weighted by Crippen LogP contribution is -2.41. The number of alkyl halides is 3. The average molecular weight is 498 g/mol. The number of benzene rings is 1. The molecule has 1 aromatic carbocycles. The summed E-state index contributed by atoms with van der Waals surface area (Å²) in [7, 11) is 0. The maximum Gasteiger partial charge on any atom is 0.417 e. The Bertz CT molecular complexity index is 1180. The highest BCUT2D eigenvalue weighted by Gasteiger charge is 2.31. The highest BCUT2D eigenvalue weighted by molar-refractivity contribution is 6.32. The number of nitrogens with zero attached hydrogens (tertiary/aromatic N) is 4. The molecule has 7 nitrogen and oxygen atoms in total. The Kier molecular flexibility index (Phi) is 7.15. The molecular formula is C22H20ClF4N5O2. The second kappa shape index (κ2) is 10.1. The number of aromatic nitrogens is 3. The van der Waals surface area contributed by atoms with Gasteiger partial charge in [0.15, 0.2) is 5.82 Å². The van der Waals surface area contributed by atoms with E-state index in [0.717, 1.165) is 22.4 Å². The van der Waals surface area contributed by atoms with Gasteiger partial charge in [-0.3, -0.25) is 9.69 Å². The molecule has 1 N–H and O–H groups in total. The zero-order valence-electron chi connectivity index (χ0n) is 17.7. The Morgan fingerprint density at radius 3 is 2.41 bits per heavy atom. The number of morpholine rings is 1. The van der Waals surface area contributed by atoms with E-state index in [-0.39, 0.29) is 28.4 Å². The van der Waals surface area contributed by atoms with Crippen LogP contribution in [0.15, 0.2) is 53.6 Å². The largest absolute Gasteiger partial charge is 0.417 e. The standard InChI is InChI=1S/C22H20ClF4N5O2/c23-20-17(12-30-32(21(20)33)19-6-3-15(11-29-19)22(25,26)27)28-13-18(31-7-9-34-10-8-31)14-1-4-16(24)5-2-14/h1-6,11-12,18,28H,7-10,13H2. The average Bonchev–Trinajstić information content (AvgIpc) is 2.83. The van der Waals surface area contributed by atoms with E-state index in [1.54, 1.807) is 12.1 Å². The van der Waals surface area contributed by atoms with Crippen molar-refractivity contribution in [3.05, 3.63) is 81.1 Å². The van der Waals surface area contributed by atoms with Crippen LogP contribution in [0, 0.1) is 5.82 Å². The lowest BCUT2D eigenvalue weighted by Gasteiger charge is -2.35. The number of anilines is 1. The molecule has 0 radical (unpaired) electrons. The smallest absolute Gasteiger partial charge is 0.380 e. The van der Waals surface area contributed by atoms with E-state index in [0.29, 0.717) is 39.0 Å². The SMILES string of the molecule is O=c1c(Cl)c(NCC(c2ccc(F)cc2)N2CCOCC2)cnn1-c1ccc(C(F)(F)F)cn1. The number of hydrogen-bond donors (Lipinski definition) is 1. The van der Waals surface area contributed by atoms with Gasteiger partial charge in [0.1, 0.15) is 10.8 Å².